The maximum atomic E-state index is 12.4. The Morgan fingerprint density at radius 1 is 1.35 bits per heavy atom. The fourth-order valence-corrected chi connectivity index (χ4v) is 4.52. The van der Waals surface area contributed by atoms with Crippen molar-refractivity contribution in [1.82, 2.24) is 31.2 Å². The van der Waals surface area contributed by atoms with Gasteiger partial charge in [-0.2, -0.15) is 5.06 Å². The van der Waals surface area contributed by atoms with Gasteiger partial charge in [0, 0.05) is 51.2 Å². The van der Waals surface area contributed by atoms with E-state index in [1.165, 1.54) is 16.4 Å². The zero-order valence-electron chi connectivity index (χ0n) is 14.6. The molecule has 0 aromatic rings. The van der Waals surface area contributed by atoms with Crippen LogP contribution in [0.1, 0.15) is 25.7 Å². The van der Waals surface area contributed by atoms with Gasteiger partial charge in [-0.1, -0.05) is 0 Å². The van der Waals surface area contributed by atoms with E-state index in [-0.39, 0.29) is 24.0 Å². The third-order valence-corrected chi connectivity index (χ3v) is 5.88. The van der Waals surface area contributed by atoms with E-state index in [2.05, 4.69) is 34.1 Å². The Balaban J connectivity index is 1.21. The molecule has 4 atom stereocenters. The minimum absolute atomic E-state index is 0.0382. The topological polar surface area (TPSA) is 98.4 Å². The van der Waals surface area contributed by atoms with Crippen LogP contribution in [0.2, 0.25) is 0 Å². The van der Waals surface area contributed by atoms with Crippen LogP contribution in [0.15, 0.2) is 0 Å². The second-order valence-corrected chi connectivity index (χ2v) is 7.48. The van der Waals surface area contributed by atoms with Gasteiger partial charge in [0.25, 0.3) is 5.91 Å². The quantitative estimate of drug-likeness (QED) is 0.265. The van der Waals surface area contributed by atoms with Gasteiger partial charge in [0.05, 0.1) is 12.6 Å². The van der Waals surface area contributed by atoms with Crippen molar-refractivity contribution in [2.24, 2.45) is 0 Å². The monoisotopic (exact) mass is 386 g/mol. The first-order valence-electron chi connectivity index (χ1n) is 9.24. The second-order valence-electron chi connectivity index (χ2n) is 7.32. The number of hydroxylamine groups is 3. The van der Waals surface area contributed by atoms with Crippen LogP contribution in [0.5, 0.6) is 0 Å². The summed E-state index contributed by atoms with van der Waals surface area (Å²) >= 11 is 3.72. The highest BCUT2D eigenvalue weighted by atomic mass is 32.1. The molecule has 2 unspecified atom stereocenters. The average molecular weight is 386 g/mol. The van der Waals surface area contributed by atoms with Gasteiger partial charge in [0.15, 0.2) is 0 Å². The number of nitrogens with zero attached hydrogens (tertiary/aromatic N) is 3. The van der Waals surface area contributed by atoms with Gasteiger partial charge >= 0.3 is 6.03 Å². The molecule has 0 aromatic heterocycles. The Bertz CT molecular complexity index is 548. The molecule has 0 aliphatic carbocycles. The van der Waals surface area contributed by atoms with Crippen molar-refractivity contribution in [3.63, 3.8) is 0 Å². The summed E-state index contributed by atoms with van der Waals surface area (Å²) in [5.41, 5.74) is 5.91. The molecule has 3 N–H and O–H groups in total. The number of piperidine rings is 1. The molecule has 0 spiro atoms. The van der Waals surface area contributed by atoms with Crippen LogP contribution < -0.4 is 16.2 Å². The number of carbonyl (C=O) groups is 2. The van der Waals surface area contributed by atoms with E-state index in [4.69, 9.17) is 9.12 Å². The number of thiol groups is 1. The third kappa shape index (κ3) is 3.51. The van der Waals surface area contributed by atoms with Crippen molar-refractivity contribution in [2.45, 2.75) is 49.9 Å². The molecule has 0 radical (unpaired) electrons. The van der Waals surface area contributed by atoms with Crippen LogP contribution in [0.25, 0.3) is 0 Å². The summed E-state index contributed by atoms with van der Waals surface area (Å²) in [4.78, 5) is 31.6. The molecular formula is C15H26N6O4S. The van der Waals surface area contributed by atoms with Crippen LogP contribution in [0, 0.1) is 0 Å². The van der Waals surface area contributed by atoms with E-state index in [9.17, 15) is 9.59 Å². The maximum Gasteiger partial charge on any atom is 0.345 e. The first-order chi connectivity index (χ1) is 12.7. The number of fused-ring (bicyclic) bond motifs is 2. The first-order valence-corrected chi connectivity index (χ1v) is 9.60. The predicted molar refractivity (Wildman–Crippen MR) is 94.4 cm³/mol. The highest BCUT2D eigenvalue weighted by Crippen LogP contribution is 2.30. The molecule has 4 aliphatic heterocycles. The number of nitrogens with one attached hydrogen (secondary N) is 3. The highest BCUT2D eigenvalue weighted by molar-refractivity contribution is 7.75. The predicted octanol–water partition coefficient (Wildman–Crippen LogP) is -0.980. The Labute approximate surface area is 158 Å². The number of hydrogen-bond donors (Lipinski definition) is 4. The smallest absolute Gasteiger partial charge is 0.310 e. The zero-order valence-corrected chi connectivity index (χ0v) is 15.5. The Morgan fingerprint density at radius 2 is 2.23 bits per heavy atom. The van der Waals surface area contributed by atoms with Gasteiger partial charge in [0.2, 0.25) is 0 Å². The van der Waals surface area contributed by atoms with E-state index >= 15 is 0 Å². The Hall–Kier alpha value is -1.11. The lowest BCUT2D eigenvalue weighted by atomic mass is 10.0. The van der Waals surface area contributed by atoms with Crippen molar-refractivity contribution in [3.05, 3.63) is 0 Å². The van der Waals surface area contributed by atoms with E-state index in [1.54, 1.807) is 0 Å². The van der Waals surface area contributed by atoms with Crippen LogP contribution in [0.4, 0.5) is 4.79 Å². The van der Waals surface area contributed by atoms with E-state index in [0.29, 0.717) is 32.0 Å². The first kappa shape index (κ1) is 18.3. The number of rotatable bonds is 6. The average Bonchev–Trinajstić information content (AvgIpc) is 3.37. The third-order valence-electron chi connectivity index (χ3n) is 5.70. The zero-order chi connectivity index (χ0) is 18.1. The van der Waals surface area contributed by atoms with Crippen LogP contribution in [-0.4, -0.2) is 83.9 Å². The van der Waals surface area contributed by atoms with Crippen molar-refractivity contribution in [1.29, 1.82) is 0 Å². The molecule has 146 valence electrons. The minimum Gasteiger partial charge on any atom is -0.310 e. The molecule has 4 rings (SSSR count). The van der Waals surface area contributed by atoms with Gasteiger partial charge in [-0.15, -0.1) is 0 Å². The second kappa shape index (κ2) is 7.87. The van der Waals surface area contributed by atoms with Crippen molar-refractivity contribution in [2.75, 3.05) is 32.8 Å². The Morgan fingerprint density at radius 3 is 3.00 bits per heavy atom. The number of hydrogen-bond acceptors (Lipinski definition) is 8. The van der Waals surface area contributed by atoms with Gasteiger partial charge in [-0.25, -0.2) is 19.6 Å². The van der Waals surface area contributed by atoms with Gasteiger partial charge in [-0.3, -0.25) is 15.1 Å². The fourth-order valence-electron chi connectivity index (χ4n) is 4.32. The molecule has 0 saturated carbocycles. The van der Waals surface area contributed by atoms with Crippen LogP contribution >= 0.6 is 12.9 Å². The van der Waals surface area contributed by atoms with Gasteiger partial charge < -0.3 is 10.2 Å². The summed E-state index contributed by atoms with van der Waals surface area (Å²) < 4.78 is 4.82. The lowest BCUT2D eigenvalue weighted by Gasteiger charge is -2.29. The summed E-state index contributed by atoms with van der Waals surface area (Å²) in [6, 6.07) is -0.207. The Kier molecular flexibility index (Phi) is 5.53. The normalized spacial score (nSPS) is 34.7. The summed E-state index contributed by atoms with van der Waals surface area (Å²) in [7, 11) is 0. The summed E-state index contributed by atoms with van der Waals surface area (Å²) in [5, 5.41) is 6.95. The lowest BCUT2D eigenvalue weighted by Crippen LogP contribution is -2.50. The van der Waals surface area contributed by atoms with Crippen molar-refractivity contribution < 1.29 is 18.7 Å². The molecule has 4 aliphatic rings. The summed E-state index contributed by atoms with van der Waals surface area (Å²) in [6.45, 7) is 3.93. The minimum atomic E-state index is -0.523. The van der Waals surface area contributed by atoms with Gasteiger partial charge in [0.1, 0.15) is 6.04 Å². The molecule has 11 heteroatoms. The molecule has 0 aromatic carbocycles. The largest absolute Gasteiger partial charge is 0.345 e. The molecule has 3 amide bonds. The van der Waals surface area contributed by atoms with Crippen LogP contribution in [0.3, 0.4) is 0 Å². The molecule has 26 heavy (non-hydrogen) atoms. The maximum absolute atomic E-state index is 12.4. The summed E-state index contributed by atoms with van der Waals surface area (Å²) in [5.74, 6) is -0.284. The molecule has 4 fully saturated rings. The molecule has 4 heterocycles. The lowest BCUT2D eigenvalue weighted by molar-refractivity contribution is -0.139. The molecular weight excluding hydrogens is 360 g/mol. The fraction of sp³-hybridized carbons (Fsp3) is 0.867. The number of carbonyl (C=O) groups excluding carboxylic acids is 2. The molecule has 4 saturated heterocycles. The SMILES string of the molecule is O=C(NOC[C@@H]1C[C@H](N2CCCN2)CN1)C1CCC2CN1C(=O)N2OS. The summed E-state index contributed by atoms with van der Waals surface area (Å²) in [6.07, 6.45) is 3.45. The van der Waals surface area contributed by atoms with E-state index in [1.807, 2.05) is 0 Å². The molecule has 10 nitrogen and oxygen atoms in total. The van der Waals surface area contributed by atoms with E-state index in [0.717, 1.165) is 26.1 Å². The highest BCUT2D eigenvalue weighted by Gasteiger charge is 2.48. The van der Waals surface area contributed by atoms with Crippen LogP contribution in [-0.2, 0) is 13.9 Å². The van der Waals surface area contributed by atoms with E-state index < -0.39 is 6.04 Å². The van der Waals surface area contributed by atoms with Crippen molar-refractivity contribution in [3.8, 4) is 0 Å². The number of hydrazine groups is 1. The number of urea groups is 1. The standard InChI is InChI=1S/C15H26N6O4S/c22-14(13-3-2-11-8-19(13)15(23)21(11)25-26)18-24-9-10-6-12(7-16-10)20-5-1-4-17-20/h10-13,16-17,26H,1-9H2,(H,18,22)/t10-,11?,12-,13?/m0/s1. The molecule has 2 bridgehead atoms. The van der Waals surface area contributed by atoms with Crippen molar-refractivity contribution >= 4 is 24.8 Å². The van der Waals surface area contributed by atoms with Gasteiger partial charge in [-0.05, 0) is 25.7 Å². The number of amides is 3.